The third-order valence-corrected chi connectivity index (χ3v) is 5.84. The summed E-state index contributed by atoms with van der Waals surface area (Å²) >= 11 is 0. The fourth-order valence-electron chi connectivity index (χ4n) is 2.64. The molecule has 0 aromatic heterocycles. The van der Waals surface area contributed by atoms with E-state index in [0.29, 0.717) is 12.8 Å². The Morgan fingerprint density at radius 1 is 1.27 bits per heavy atom. The van der Waals surface area contributed by atoms with E-state index in [4.69, 9.17) is 9.47 Å². The van der Waals surface area contributed by atoms with Crippen LogP contribution in [-0.4, -0.2) is 50.7 Å². The molecule has 1 aromatic carbocycles. The molecule has 1 fully saturated rings. The molecule has 1 saturated heterocycles. The maximum Gasteiger partial charge on any atom is 0.246 e. The number of rotatable bonds is 4. The number of hydrogen-bond donors (Lipinski definition) is 1. The molecule has 6 nitrogen and oxygen atoms in total. The van der Waals surface area contributed by atoms with E-state index in [-0.39, 0.29) is 18.0 Å². The van der Waals surface area contributed by atoms with Gasteiger partial charge in [0.25, 0.3) is 0 Å². The van der Waals surface area contributed by atoms with Gasteiger partial charge >= 0.3 is 0 Å². The van der Waals surface area contributed by atoms with Crippen LogP contribution in [0.3, 0.4) is 0 Å². The van der Waals surface area contributed by atoms with E-state index in [1.807, 2.05) is 0 Å². The first-order valence-corrected chi connectivity index (χ1v) is 8.36. The smallest absolute Gasteiger partial charge is 0.246 e. The molecule has 1 N–H and O–H groups in total. The number of ether oxygens (including phenoxy) is 2. The van der Waals surface area contributed by atoms with Crippen LogP contribution in [0.1, 0.15) is 19.8 Å². The fraction of sp³-hybridized carbons (Fsp3) is 0.571. The van der Waals surface area contributed by atoms with Crippen molar-refractivity contribution in [1.82, 2.24) is 4.31 Å². The lowest BCUT2D eigenvalue weighted by atomic mass is 10.0. The Labute approximate surface area is 129 Å². The molecule has 0 amide bonds. The molecule has 2 unspecified atom stereocenters. The number of halogens is 1. The van der Waals surface area contributed by atoms with E-state index in [1.54, 1.807) is 6.92 Å². The molecular weight excluding hydrogens is 313 g/mol. The average Bonchev–Trinajstić information content (AvgIpc) is 2.46. The van der Waals surface area contributed by atoms with Crippen LogP contribution in [0.2, 0.25) is 0 Å². The minimum Gasteiger partial charge on any atom is -0.493 e. The van der Waals surface area contributed by atoms with E-state index < -0.39 is 32.9 Å². The van der Waals surface area contributed by atoms with E-state index >= 15 is 0 Å². The SMILES string of the molecule is COc1cc(F)c(S(=O)(=O)N2CCC(O)CC2C)cc1OC. The van der Waals surface area contributed by atoms with Crippen LogP contribution in [0.15, 0.2) is 17.0 Å². The van der Waals surface area contributed by atoms with Crippen molar-refractivity contribution in [3.05, 3.63) is 17.9 Å². The highest BCUT2D eigenvalue weighted by molar-refractivity contribution is 7.89. The molecule has 2 rings (SSSR count). The first kappa shape index (κ1) is 17.0. The van der Waals surface area contributed by atoms with Gasteiger partial charge in [-0.05, 0) is 19.8 Å². The van der Waals surface area contributed by atoms with Crippen LogP contribution in [0.25, 0.3) is 0 Å². The summed E-state index contributed by atoms with van der Waals surface area (Å²) in [5, 5.41) is 9.61. The van der Waals surface area contributed by atoms with Gasteiger partial charge in [-0.3, -0.25) is 0 Å². The van der Waals surface area contributed by atoms with Gasteiger partial charge in [0, 0.05) is 24.7 Å². The monoisotopic (exact) mass is 333 g/mol. The number of benzene rings is 1. The molecule has 0 spiro atoms. The van der Waals surface area contributed by atoms with Gasteiger partial charge in [-0.2, -0.15) is 4.31 Å². The van der Waals surface area contributed by atoms with Crippen LogP contribution in [0.5, 0.6) is 11.5 Å². The quantitative estimate of drug-likeness (QED) is 0.901. The third kappa shape index (κ3) is 3.04. The molecule has 1 aromatic rings. The highest BCUT2D eigenvalue weighted by Crippen LogP contribution is 2.34. The molecule has 2 atom stereocenters. The molecule has 124 valence electrons. The van der Waals surface area contributed by atoms with E-state index in [0.717, 1.165) is 12.1 Å². The van der Waals surface area contributed by atoms with Gasteiger partial charge in [-0.15, -0.1) is 0 Å². The maximum absolute atomic E-state index is 14.2. The minimum atomic E-state index is -4.01. The number of sulfonamides is 1. The molecule has 0 saturated carbocycles. The first-order valence-electron chi connectivity index (χ1n) is 6.92. The predicted molar refractivity (Wildman–Crippen MR) is 78.1 cm³/mol. The van der Waals surface area contributed by atoms with Crippen LogP contribution >= 0.6 is 0 Å². The molecular formula is C14H20FNO5S. The summed E-state index contributed by atoms with van der Waals surface area (Å²) in [7, 11) is -1.31. The number of nitrogens with zero attached hydrogens (tertiary/aromatic N) is 1. The first-order chi connectivity index (χ1) is 10.3. The molecule has 0 bridgehead atoms. The minimum absolute atomic E-state index is 0.126. The molecule has 0 radical (unpaired) electrons. The molecule has 1 aliphatic rings. The van der Waals surface area contributed by atoms with Crippen LogP contribution in [-0.2, 0) is 10.0 Å². The van der Waals surface area contributed by atoms with Gasteiger partial charge in [0.1, 0.15) is 10.7 Å². The average molecular weight is 333 g/mol. The Balaban J connectivity index is 2.45. The van der Waals surface area contributed by atoms with Gasteiger partial charge in [0.05, 0.1) is 20.3 Å². The van der Waals surface area contributed by atoms with Crippen molar-refractivity contribution in [2.24, 2.45) is 0 Å². The van der Waals surface area contributed by atoms with Gasteiger partial charge in [-0.25, -0.2) is 12.8 Å². The van der Waals surface area contributed by atoms with Crippen molar-refractivity contribution in [2.75, 3.05) is 20.8 Å². The van der Waals surface area contributed by atoms with Crippen molar-refractivity contribution >= 4 is 10.0 Å². The number of methoxy groups -OCH3 is 2. The van der Waals surface area contributed by atoms with Crippen LogP contribution in [0, 0.1) is 5.82 Å². The molecule has 0 aliphatic carbocycles. The second kappa shape index (κ2) is 6.39. The fourth-order valence-corrected chi connectivity index (χ4v) is 4.36. The summed E-state index contributed by atoms with van der Waals surface area (Å²) in [6, 6.07) is 1.72. The summed E-state index contributed by atoms with van der Waals surface area (Å²) in [4.78, 5) is -0.451. The Morgan fingerprint density at radius 2 is 1.86 bits per heavy atom. The second-order valence-electron chi connectivity index (χ2n) is 5.28. The highest BCUT2D eigenvalue weighted by Gasteiger charge is 2.36. The lowest BCUT2D eigenvalue weighted by Gasteiger charge is -2.34. The molecule has 1 heterocycles. The predicted octanol–water partition coefficient (Wildman–Crippen LogP) is 1.38. The van der Waals surface area contributed by atoms with Gasteiger partial charge in [0.15, 0.2) is 11.5 Å². The highest BCUT2D eigenvalue weighted by atomic mass is 32.2. The summed E-state index contributed by atoms with van der Waals surface area (Å²) < 4.78 is 50.8. The topological polar surface area (TPSA) is 76.1 Å². The zero-order valence-corrected chi connectivity index (χ0v) is 13.6. The van der Waals surface area contributed by atoms with Crippen molar-refractivity contribution in [3.8, 4) is 11.5 Å². The molecule has 1 aliphatic heterocycles. The Hall–Kier alpha value is -1.38. The second-order valence-corrected chi connectivity index (χ2v) is 7.14. The normalized spacial score (nSPS) is 23.3. The Kier molecular flexibility index (Phi) is 4.93. The molecule has 22 heavy (non-hydrogen) atoms. The largest absolute Gasteiger partial charge is 0.493 e. The molecule has 8 heteroatoms. The summed E-state index contributed by atoms with van der Waals surface area (Å²) in [5.41, 5.74) is 0. The summed E-state index contributed by atoms with van der Waals surface area (Å²) in [6.07, 6.45) is 0.129. The lowest BCUT2D eigenvalue weighted by Crippen LogP contribution is -2.46. The van der Waals surface area contributed by atoms with Crippen molar-refractivity contribution in [1.29, 1.82) is 0 Å². The maximum atomic E-state index is 14.2. The van der Waals surface area contributed by atoms with Crippen molar-refractivity contribution in [3.63, 3.8) is 0 Å². The lowest BCUT2D eigenvalue weighted by molar-refractivity contribution is 0.0866. The number of hydrogen-bond acceptors (Lipinski definition) is 5. The van der Waals surface area contributed by atoms with E-state index in [2.05, 4.69) is 0 Å². The van der Waals surface area contributed by atoms with Crippen LogP contribution in [0.4, 0.5) is 4.39 Å². The Morgan fingerprint density at radius 3 is 2.41 bits per heavy atom. The van der Waals surface area contributed by atoms with E-state index in [1.165, 1.54) is 18.5 Å². The van der Waals surface area contributed by atoms with Gasteiger partial charge in [-0.1, -0.05) is 0 Å². The summed E-state index contributed by atoms with van der Waals surface area (Å²) in [6.45, 7) is 1.84. The van der Waals surface area contributed by atoms with E-state index in [9.17, 15) is 17.9 Å². The third-order valence-electron chi connectivity index (χ3n) is 3.81. The van der Waals surface area contributed by atoms with Crippen molar-refractivity contribution < 1.29 is 27.4 Å². The number of piperidine rings is 1. The standard InChI is InChI=1S/C14H20FNO5S/c1-9-6-10(17)4-5-16(9)22(18,19)14-8-13(21-3)12(20-2)7-11(14)15/h7-10,17H,4-6H2,1-3H3. The summed E-state index contributed by atoms with van der Waals surface area (Å²) in [5.74, 6) is -0.621. The van der Waals surface area contributed by atoms with Gasteiger partial charge < -0.3 is 14.6 Å². The Bertz CT molecular complexity index is 649. The van der Waals surface area contributed by atoms with Crippen LogP contribution < -0.4 is 9.47 Å². The number of aliphatic hydroxyl groups is 1. The number of aliphatic hydroxyl groups excluding tert-OH is 1. The zero-order chi connectivity index (χ0) is 16.5. The van der Waals surface area contributed by atoms with Crippen molar-refractivity contribution in [2.45, 2.75) is 36.8 Å². The van der Waals surface area contributed by atoms with Gasteiger partial charge in [0.2, 0.25) is 10.0 Å². The zero-order valence-electron chi connectivity index (χ0n) is 12.7.